The van der Waals surface area contributed by atoms with Crippen LogP contribution in [0.4, 0.5) is 4.39 Å². The van der Waals surface area contributed by atoms with Crippen LogP contribution in [0.25, 0.3) is 5.69 Å². The minimum Gasteiger partial charge on any atom is -0.480 e. The molecule has 1 amide bonds. The van der Waals surface area contributed by atoms with E-state index in [0.717, 1.165) is 10.7 Å². The summed E-state index contributed by atoms with van der Waals surface area (Å²) in [6, 6.07) is 6.90. The van der Waals surface area contributed by atoms with E-state index in [0.29, 0.717) is 5.69 Å². The smallest absolute Gasteiger partial charge is 0.328 e. The summed E-state index contributed by atoms with van der Waals surface area (Å²) in [6.45, 7) is 4.09. The zero-order chi connectivity index (χ0) is 18.1. The lowest BCUT2D eigenvalue weighted by atomic mass is 10.1. The highest BCUT2D eigenvalue weighted by Crippen LogP contribution is 2.13. The first-order valence-corrected chi connectivity index (χ1v) is 7.05. The molecule has 1 aromatic carbocycles. The van der Waals surface area contributed by atoms with Crippen molar-refractivity contribution in [1.29, 1.82) is 0 Å². The molecule has 8 heteroatoms. The minimum absolute atomic E-state index is 0.0709. The summed E-state index contributed by atoms with van der Waals surface area (Å²) >= 11 is 0. The summed E-state index contributed by atoms with van der Waals surface area (Å²) in [4.78, 5) is 35.3. The van der Waals surface area contributed by atoms with E-state index in [-0.39, 0.29) is 5.69 Å². The maximum absolute atomic E-state index is 13.9. The molecule has 0 aliphatic heterocycles. The van der Waals surface area contributed by atoms with Gasteiger partial charge >= 0.3 is 5.97 Å². The van der Waals surface area contributed by atoms with Crippen molar-refractivity contribution in [3.8, 4) is 5.69 Å². The van der Waals surface area contributed by atoms with Gasteiger partial charge in [0.1, 0.15) is 17.0 Å². The number of carbonyl (C=O) groups excluding carboxylic acids is 1. The van der Waals surface area contributed by atoms with Crippen LogP contribution in [0.2, 0.25) is 0 Å². The number of aliphatic carboxylic acids is 1. The number of benzene rings is 1. The number of aryl methyl sites for hydroxylation is 1. The van der Waals surface area contributed by atoms with Crippen LogP contribution in [0.15, 0.2) is 35.1 Å². The van der Waals surface area contributed by atoms with Crippen LogP contribution in [0.3, 0.4) is 0 Å². The number of rotatable bonds is 4. The number of amides is 1. The molecule has 0 aliphatic rings. The van der Waals surface area contributed by atoms with Gasteiger partial charge in [-0.15, -0.1) is 0 Å². The summed E-state index contributed by atoms with van der Waals surface area (Å²) < 4.78 is 15.1. The predicted molar refractivity (Wildman–Crippen MR) is 83.7 cm³/mol. The molecule has 0 radical (unpaired) electrons. The number of para-hydroxylation sites is 1. The Labute approximate surface area is 136 Å². The predicted octanol–water partition coefficient (Wildman–Crippen LogP) is 1.27. The number of aromatic nitrogens is 2. The van der Waals surface area contributed by atoms with Gasteiger partial charge in [0.2, 0.25) is 5.43 Å². The lowest BCUT2D eigenvalue weighted by Crippen LogP contribution is -2.51. The SMILES string of the molecule is Cc1cc(=O)c(C(=O)NC(C)(C)C(=O)O)nn1-c1ccccc1F. The van der Waals surface area contributed by atoms with E-state index in [1.165, 1.54) is 32.0 Å². The van der Waals surface area contributed by atoms with E-state index in [1.54, 1.807) is 13.0 Å². The largest absolute Gasteiger partial charge is 0.480 e. The average molecular weight is 333 g/mol. The Morgan fingerprint density at radius 2 is 1.92 bits per heavy atom. The molecule has 0 spiro atoms. The number of nitrogens with one attached hydrogen (secondary N) is 1. The van der Waals surface area contributed by atoms with Gasteiger partial charge in [-0.1, -0.05) is 12.1 Å². The quantitative estimate of drug-likeness (QED) is 0.877. The first-order chi connectivity index (χ1) is 11.1. The van der Waals surface area contributed by atoms with Gasteiger partial charge in [-0.25, -0.2) is 13.9 Å². The van der Waals surface area contributed by atoms with Crippen LogP contribution in [0.5, 0.6) is 0 Å². The molecule has 0 unspecified atom stereocenters. The molecule has 0 saturated carbocycles. The Balaban J connectivity index is 2.52. The third kappa shape index (κ3) is 3.32. The van der Waals surface area contributed by atoms with Crippen LogP contribution in [0.1, 0.15) is 30.0 Å². The molecule has 1 aromatic heterocycles. The van der Waals surface area contributed by atoms with E-state index in [2.05, 4.69) is 10.4 Å². The van der Waals surface area contributed by atoms with E-state index >= 15 is 0 Å². The van der Waals surface area contributed by atoms with Gasteiger partial charge in [0.15, 0.2) is 5.69 Å². The van der Waals surface area contributed by atoms with Crippen LogP contribution in [0, 0.1) is 12.7 Å². The second kappa shape index (κ2) is 6.23. The highest BCUT2D eigenvalue weighted by molar-refractivity contribution is 5.95. The molecule has 2 aromatic rings. The number of carbonyl (C=O) groups is 2. The Morgan fingerprint density at radius 1 is 1.29 bits per heavy atom. The number of carboxylic acids is 1. The maximum atomic E-state index is 13.9. The topological polar surface area (TPSA) is 101 Å². The van der Waals surface area contributed by atoms with Crippen molar-refractivity contribution < 1.29 is 19.1 Å². The molecule has 2 N–H and O–H groups in total. The lowest BCUT2D eigenvalue weighted by Gasteiger charge is -2.20. The van der Waals surface area contributed by atoms with Gasteiger partial charge < -0.3 is 10.4 Å². The van der Waals surface area contributed by atoms with Crippen molar-refractivity contribution in [2.75, 3.05) is 0 Å². The van der Waals surface area contributed by atoms with Gasteiger partial charge in [0.05, 0.1) is 0 Å². The Hall–Kier alpha value is -3.03. The van der Waals surface area contributed by atoms with Crippen LogP contribution in [-0.2, 0) is 4.79 Å². The Bertz CT molecular complexity index is 874. The first-order valence-electron chi connectivity index (χ1n) is 7.05. The Kier molecular flexibility index (Phi) is 4.50. The number of carboxylic acid groups (broad SMARTS) is 1. The number of hydrogen-bond donors (Lipinski definition) is 2. The molecule has 0 fully saturated rings. The zero-order valence-electron chi connectivity index (χ0n) is 13.3. The van der Waals surface area contributed by atoms with Crippen molar-refractivity contribution in [3.05, 3.63) is 57.8 Å². The van der Waals surface area contributed by atoms with Crippen LogP contribution >= 0.6 is 0 Å². The molecule has 24 heavy (non-hydrogen) atoms. The van der Waals surface area contributed by atoms with Gasteiger partial charge in [-0.05, 0) is 32.9 Å². The zero-order valence-corrected chi connectivity index (χ0v) is 13.3. The molecule has 7 nitrogen and oxygen atoms in total. The molecular formula is C16H16FN3O4. The average Bonchev–Trinajstić information content (AvgIpc) is 2.47. The molecule has 0 atom stereocenters. The van der Waals surface area contributed by atoms with E-state index < -0.39 is 34.4 Å². The lowest BCUT2D eigenvalue weighted by molar-refractivity contribution is -0.143. The number of hydrogen-bond acceptors (Lipinski definition) is 4. The monoisotopic (exact) mass is 333 g/mol. The third-order valence-electron chi connectivity index (χ3n) is 3.36. The van der Waals surface area contributed by atoms with Gasteiger partial charge in [-0.3, -0.25) is 9.59 Å². The molecule has 126 valence electrons. The van der Waals surface area contributed by atoms with Crippen molar-refractivity contribution >= 4 is 11.9 Å². The van der Waals surface area contributed by atoms with Crippen molar-refractivity contribution in [2.45, 2.75) is 26.3 Å². The Morgan fingerprint density at radius 3 is 2.50 bits per heavy atom. The van der Waals surface area contributed by atoms with Gasteiger partial charge in [0.25, 0.3) is 5.91 Å². The van der Waals surface area contributed by atoms with Crippen LogP contribution in [-0.4, -0.2) is 32.3 Å². The normalized spacial score (nSPS) is 11.2. The molecular weight excluding hydrogens is 317 g/mol. The highest BCUT2D eigenvalue weighted by atomic mass is 19.1. The minimum atomic E-state index is -1.58. The van der Waals surface area contributed by atoms with Crippen molar-refractivity contribution in [2.24, 2.45) is 0 Å². The summed E-state index contributed by atoms with van der Waals surface area (Å²) in [6.07, 6.45) is 0. The van der Waals surface area contributed by atoms with Gasteiger partial charge in [-0.2, -0.15) is 5.10 Å². The molecule has 1 heterocycles. The fourth-order valence-electron chi connectivity index (χ4n) is 1.97. The second-order valence-electron chi connectivity index (χ2n) is 5.75. The summed E-state index contributed by atoms with van der Waals surface area (Å²) in [7, 11) is 0. The molecule has 0 aliphatic carbocycles. The summed E-state index contributed by atoms with van der Waals surface area (Å²) in [5, 5.41) is 15.2. The molecule has 0 bridgehead atoms. The number of halogens is 1. The second-order valence-corrected chi connectivity index (χ2v) is 5.75. The number of nitrogens with zero attached hydrogens (tertiary/aromatic N) is 2. The maximum Gasteiger partial charge on any atom is 0.328 e. The standard InChI is InChI=1S/C16H16FN3O4/c1-9-8-12(21)13(14(22)18-16(2,3)15(23)24)19-20(9)11-7-5-4-6-10(11)17/h4-8H,1-3H3,(H,18,22)(H,23,24). The first kappa shape index (κ1) is 17.3. The molecule has 0 saturated heterocycles. The fourth-order valence-corrected chi connectivity index (χ4v) is 1.97. The van der Waals surface area contributed by atoms with Gasteiger partial charge in [0, 0.05) is 11.8 Å². The van der Waals surface area contributed by atoms with Crippen molar-refractivity contribution in [3.63, 3.8) is 0 Å². The van der Waals surface area contributed by atoms with E-state index in [4.69, 9.17) is 5.11 Å². The van der Waals surface area contributed by atoms with Crippen LogP contribution < -0.4 is 10.7 Å². The molecule has 2 rings (SSSR count). The highest BCUT2D eigenvalue weighted by Gasteiger charge is 2.31. The summed E-state index contributed by atoms with van der Waals surface area (Å²) in [5.74, 6) is -2.79. The summed E-state index contributed by atoms with van der Waals surface area (Å²) in [5.41, 5.74) is -2.38. The van der Waals surface area contributed by atoms with E-state index in [9.17, 15) is 18.8 Å². The van der Waals surface area contributed by atoms with Crippen molar-refractivity contribution in [1.82, 2.24) is 15.1 Å². The van der Waals surface area contributed by atoms with E-state index in [1.807, 2.05) is 0 Å². The fraction of sp³-hybridized carbons (Fsp3) is 0.250. The third-order valence-corrected chi connectivity index (χ3v) is 3.36.